The Labute approximate surface area is 121 Å². The van der Waals surface area contributed by atoms with Crippen LogP contribution in [0.5, 0.6) is 0 Å². The van der Waals surface area contributed by atoms with Crippen LogP contribution in [0.3, 0.4) is 0 Å². The second-order valence-electron chi connectivity index (χ2n) is 5.04. The Morgan fingerprint density at radius 1 is 1.45 bits per heavy atom. The molecule has 0 amide bonds. The molecule has 20 heavy (non-hydrogen) atoms. The molecule has 1 rings (SSSR count). The van der Waals surface area contributed by atoms with Gasteiger partial charge in [-0.3, -0.25) is 9.89 Å². The molecule has 0 radical (unpaired) electrons. The minimum Gasteiger partial charge on any atom is -0.377 e. The number of hydrogen-bond acceptors (Lipinski definition) is 5. The minimum absolute atomic E-state index is 0.408. The third-order valence-electron chi connectivity index (χ3n) is 3.45. The van der Waals surface area contributed by atoms with Gasteiger partial charge in [-0.1, -0.05) is 18.2 Å². The van der Waals surface area contributed by atoms with E-state index in [0.29, 0.717) is 18.1 Å². The number of likely N-dealkylation sites (tertiary alicyclic amines) is 1. The Kier molecular flexibility index (Phi) is 8.37. The molecule has 0 aliphatic carbocycles. The fourth-order valence-electron chi connectivity index (χ4n) is 2.28. The van der Waals surface area contributed by atoms with Gasteiger partial charge in [0, 0.05) is 25.3 Å². The number of piperidine rings is 1. The van der Waals surface area contributed by atoms with Crippen LogP contribution in [0.1, 0.15) is 19.8 Å². The largest absolute Gasteiger partial charge is 0.377 e. The molecule has 0 unspecified atom stereocenters. The minimum atomic E-state index is -1.44. The van der Waals surface area contributed by atoms with E-state index in [1.165, 1.54) is 0 Å². The molecule has 0 atom stereocenters. The molecule has 1 saturated heterocycles. The second-order valence-corrected chi connectivity index (χ2v) is 5.04. The van der Waals surface area contributed by atoms with Crippen molar-refractivity contribution in [2.45, 2.75) is 26.1 Å². The maximum absolute atomic E-state index is 9.13. The van der Waals surface area contributed by atoms with Crippen LogP contribution in [0.15, 0.2) is 28.8 Å². The first-order valence-corrected chi connectivity index (χ1v) is 7.08. The Morgan fingerprint density at radius 3 is 2.70 bits per heavy atom. The number of nitrogens with zero attached hydrogens (tertiary/aromatic N) is 2. The van der Waals surface area contributed by atoms with Crippen LogP contribution >= 0.6 is 0 Å². The van der Waals surface area contributed by atoms with Crippen molar-refractivity contribution in [1.82, 2.24) is 4.90 Å². The van der Waals surface area contributed by atoms with Gasteiger partial charge in [0.1, 0.15) is 0 Å². The number of allylic oxidation sites excluding steroid dienone is 1. The lowest BCUT2D eigenvalue weighted by Gasteiger charge is -2.30. The lowest BCUT2D eigenvalue weighted by molar-refractivity contribution is -0.00588. The molecule has 1 fully saturated rings. The highest BCUT2D eigenvalue weighted by molar-refractivity contribution is 5.23. The van der Waals surface area contributed by atoms with Crippen molar-refractivity contribution in [3.05, 3.63) is 23.8 Å². The van der Waals surface area contributed by atoms with Gasteiger partial charge in [-0.25, -0.2) is 0 Å². The summed E-state index contributed by atoms with van der Waals surface area (Å²) >= 11 is 0. The fraction of sp³-hybridized carbons (Fsp3) is 0.667. The van der Waals surface area contributed by atoms with Crippen LogP contribution in [-0.4, -0.2) is 61.1 Å². The van der Waals surface area contributed by atoms with Gasteiger partial charge in [-0.2, -0.15) is 0 Å². The number of hydrogen-bond donors (Lipinski definition) is 2. The molecule has 2 N–H and O–H groups in total. The Morgan fingerprint density at radius 2 is 2.15 bits per heavy atom. The summed E-state index contributed by atoms with van der Waals surface area (Å²) in [6, 6.07) is 0. The summed E-state index contributed by atoms with van der Waals surface area (Å²) < 4.78 is 5.61. The number of ether oxygens (including phenoxy) is 1. The SMILES string of the molecule is C=NCN1CCC(COC/C=C(\C=C/C)C(O)O)CC1. The van der Waals surface area contributed by atoms with E-state index in [0.717, 1.165) is 39.2 Å². The first-order valence-electron chi connectivity index (χ1n) is 7.08. The van der Waals surface area contributed by atoms with Crippen LogP contribution in [0.25, 0.3) is 0 Å². The normalized spacial score (nSPS) is 19.1. The maximum atomic E-state index is 9.13. The highest BCUT2D eigenvalue weighted by Gasteiger charge is 2.18. The van der Waals surface area contributed by atoms with E-state index in [9.17, 15) is 0 Å². The number of aliphatic imine (C=N–C) groups is 1. The van der Waals surface area contributed by atoms with Crippen LogP contribution in [0.4, 0.5) is 0 Å². The molecule has 5 nitrogen and oxygen atoms in total. The van der Waals surface area contributed by atoms with Crippen molar-refractivity contribution in [2.24, 2.45) is 10.9 Å². The molecule has 5 heteroatoms. The van der Waals surface area contributed by atoms with Crippen LogP contribution in [-0.2, 0) is 4.74 Å². The fourth-order valence-corrected chi connectivity index (χ4v) is 2.28. The summed E-state index contributed by atoms with van der Waals surface area (Å²) in [6.45, 7) is 9.28. The summed E-state index contributed by atoms with van der Waals surface area (Å²) in [5.41, 5.74) is 0.472. The van der Waals surface area contributed by atoms with Crippen molar-refractivity contribution < 1.29 is 14.9 Å². The van der Waals surface area contributed by atoms with Gasteiger partial charge in [0.2, 0.25) is 0 Å². The van der Waals surface area contributed by atoms with Gasteiger partial charge in [0.15, 0.2) is 6.29 Å². The van der Waals surface area contributed by atoms with E-state index in [4.69, 9.17) is 14.9 Å². The van der Waals surface area contributed by atoms with Gasteiger partial charge in [0.05, 0.1) is 13.3 Å². The molecular formula is C15H26N2O3. The smallest absolute Gasteiger partial charge is 0.178 e. The monoisotopic (exact) mass is 282 g/mol. The van der Waals surface area contributed by atoms with E-state index in [1.54, 1.807) is 18.2 Å². The second kappa shape index (κ2) is 9.83. The molecule has 0 aromatic heterocycles. The number of aliphatic hydroxyl groups excluding tert-OH is 1. The Hall–Kier alpha value is -1.01. The first-order chi connectivity index (χ1) is 9.67. The number of aliphatic hydroxyl groups is 2. The van der Waals surface area contributed by atoms with E-state index in [-0.39, 0.29) is 0 Å². The maximum Gasteiger partial charge on any atom is 0.178 e. The topological polar surface area (TPSA) is 65.3 Å². The Balaban J connectivity index is 2.21. The van der Waals surface area contributed by atoms with Gasteiger partial charge < -0.3 is 14.9 Å². The van der Waals surface area contributed by atoms with Crippen molar-refractivity contribution in [2.75, 3.05) is 33.0 Å². The van der Waals surface area contributed by atoms with Gasteiger partial charge in [-0.05, 0) is 32.4 Å². The molecule has 0 aromatic rings. The molecule has 0 aromatic carbocycles. The third kappa shape index (κ3) is 6.43. The lowest BCUT2D eigenvalue weighted by Crippen LogP contribution is -2.35. The molecule has 0 bridgehead atoms. The third-order valence-corrected chi connectivity index (χ3v) is 3.45. The zero-order valence-corrected chi connectivity index (χ0v) is 12.2. The summed E-state index contributed by atoms with van der Waals surface area (Å²) in [6.07, 6.45) is 5.95. The van der Waals surface area contributed by atoms with Crippen molar-refractivity contribution in [3.63, 3.8) is 0 Å². The number of rotatable bonds is 8. The average molecular weight is 282 g/mol. The molecule has 0 spiro atoms. The van der Waals surface area contributed by atoms with Crippen LogP contribution in [0, 0.1) is 5.92 Å². The highest BCUT2D eigenvalue weighted by Crippen LogP contribution is 2.17. The Bertz CT molecular complexity index is 332. The van der Waals surface area contributed by atoms with E-state index in [2.05, 4.69) is 16.6 Å². The molecule has 1 heterocycles. The zero-order valence-electron chi connectivity index (χ0n) is 12.2. The predicted molar refractivity (Wildman–Crippen MR) is 80.7 cm³/mol. The average Bonchev–Trinajstić information content (AvgIpc) is 2.44. The summed E-state index contributed by atoms with van der Waals surface area (Å²) in [5, 5.41) is 18.3. The van der Waals surface area contributed by atoms with E-state index in [1.807, 2.05) is 6.92 Å². The summed E-state index contributed by atoms with van der Waals surface area (Å²) in [7, 11) is 0. The lowest BCUT2D eigenvalue weighted by atomic mass is 9.98. The summed E-state index contributed by atoms with van der Waals surface area (Å²) in [4.78, 5) is 6.18. The van der Waals surface area contributed by atoms with Gasteiger partial charge >= 0.3 is 0 Å². The first kappa shape index (κ1) is 17.0. The molecule has 1 aliphatic rings. The van der Waals surface area contributed by atoms with Crippen molar-refractivity contribution >= 4 is 6.72 Å². The molecule has 114 valence electrons. The van der Waals surface area contributed by atoms with E-state index < -0.39 is 6.29 Å². The van der Waals surface area contributed by atoms with Crippen molar-refractivity contribution in [1.29, 1.82) is 0 Å². The van der Waals surface area contributed by atoms with Crippen LogP contribution < -0.4 is 0 Å². The quantitative estimate of drug-likeness (QED) is 0.304. The standard InChI is InChI=1S/C15H26N2O3/c1-3-4-14(15(18)19)7-10-20-11-13-5-8-17(9-6-13)12-16-2/h3-4,7,13,15,18-19H,2,5-6,8-12H2,1H3/b4-3-,14-7+. The van der Waals surface area contributed by atoms with E-state index >= 15 is 0 Å². The zero-order chi connectivity index (χ0) is 14.8. The predicted octanol–water partition coefficient (Wildman–Crippen LogP) is 1.19. The molecule has 0 saturated carbocycles. The van der Waals surface area contributed by atoms with Crippen molar-refractivity contribution in [3.8, 4) is 0 Å². The van der Waals surface area contributed by atoms with Gasteiger partial charge in [-0.15, -0.1) is 0 Å². The van der Waals surface area contributed by atoms with Gasteiger partial charge in [0.25, 0.3) is 0 Å². The highest BCUT2D eigenvalue weighted by atomic mass is 16.5. The molecular weight excluding hydrogens is 256 g/mol. The van der Waals surface area contributed by atoms with Crippen LogP contribution in [0.2, 0.25) is 0 Å². The molecule has 1 aliphatic heterocycles. The summed E-state index contributed by atoms with van der Waals surface area (Å²) in [5.74, 6) is 0.577.